The molecule has 2 aromatic heterocycles. The molecule has 0 amide bonds. The normalized spacial score (nSPS) is 10.1. The fourth-order valence-corrected chi connectivity index (χ4v) is 1.31. The van der Waals surface area contributed by atoms with E-state index < -0.39 is 0 Å². The summed E-state index contributed by atoms with van der Waals surface area (Å²) in [6.45, 7) is 4.23. The van der Waals surface area contributed by atoms with Crippen LogP contribution in [-0.2, 0) is 0 Å². The highest BCUT2D eigenvalue weighted by Gasteiger charge is 2.08. The molecule has 0 unspecified atom stereocenters. The molecule has 0 fully saturated rings. The molecule has 7 heteroatoms. The molecule has 1 N–H and O–H groups in total. The van der Waals surface area contributed by atoms with Crippen molar-refractivity contribution in [3.05, 3.63) is 24.0 Å². The minimum absolute atomic E-state index is 0.161. The van der Waals surface area contributed by atoms with Crippen molar-refractivity contribution < 1.29 is 9.47 Å². The molecule has 0 aromatic carbocycles. The number of nitrogens with one attached hydrogen (secondary N) is 1. The van der Waals surface area contributed by atoms with Gasteiger partial charge in [0, 0.05) is 12.7 Å². The lowest BCUT2D eigenvalue weighted by molar-refractivity contribution is 0.304. The molecular weight excluding hydrogens is 246 g/mol. The fourth-order valence-electron chi connectivity index (χ4n) is 1.31. The monoisotopic (exact) mass is 261 g/mol. The zero-order chi connectivity index (χ0) is 13.7. The van der Waals surface area contributed by atoms with Crippen molar-refractivity contribution in [2.24, 2.45) is 0 Å². The average Bonchev–Trinajstić information content (AvgIpc) is 2.41. The first kappa shape index (κ1) is 13.0. The number of nitrogens with zero attached hydrogens (tertiary/aromatic N) is 4. The lowest BCUT2D eigenvalue weighted by Gasteiger charge is -2.07. The number of anilines is 1. The molecule has 100 valence electrons. The summed E-state index contributed by atoms with van der Waals surface area (Å²) in [4.78, 5) is 16.3. The van der Waals surface area contributed by atoms with Crippen LogP contribution < -0.4 is 14.8 Å². The van der Waals surface area contributed by atoms with E-state index in [9.17, 15) is 0 Å². The molecule has 0 saturated carbocycles. The number of ether oxygens (including phenoxy) is 2. The number of aromatic nitrogens is 4. The van der Waals surface area contributed by atoms with E-state index in [2.05, 4.69) is 25.3 Å². The van der Waals surface area contributed by atoms with Crippen LogP contribution in [0.3, 0.4) is 0 Å². The van der Waals surface area contributed by atoms with E-state index in [0.717, 1.165) is 5.69 Å². The molecule has 2 rings (SSSR count). The summed E-state index contributed by atoms with van der Waals surface area (Å²) in [6.07, 6.45) is 1.61. The molecule has 2 heterocycles. The van der Waals surface area contributed by atoms with Crippen LogP contribution in [0.4, 0.5) is 5.95 Å². The van der Waals surface area contributed by atoms with Gasteiger partial charge in [0.05, 0.1) is 12.8 Å². The second kappa shape index (κ2) is 5.94. The van der Waals surface area contributed by atoms with Crippen molar-refractivity contribution in [2.75, 3.05) is 19.0 Å². The molecule has 0 saturated heterocycles. The summed E-state index contributed by atoms with van der Waals surface area (Å²) in [6, 6.07) is 4.02. The predicted octanol–water partition coefficient (Wildman–Crippen LogP) is 1.81. The number of pyridine rings is 1. The predicted molar refractivity (Wildman–Crippen MR) is 69.6 cm³/mol. The van der Waals surface area contributed by atoms with E-state index in [1.165, 1.54) is 0 Å². The first-order chi connectivity index (χ1) is 9.21. The highest BCUT2D eigenvalue weighted by molar-refractivity contribution is 5.29. The molecule has 0 aliphatic rings. The zero-order valence-corrected chi connectivity index (χ0v) is 11.0. The van der Waals surface area contributed by atoms with Gasteiger partial charge in [0.25, 0.3) is 0 Å². The van der Waals surface area contributed by atoms with Gasteiger partial charge in [0.2, 0.25) is 5.95 Å². The van der Waals surface area contributed by atoms with Crippen LogP contribution in [0.25, 0.3) is 0 Å². The number of hydrogen-bond donors (Lipinski definition) is 1. The van der Waals surface area contributed by atoms with Gasteiger partial charge in [-0.3, -0.25) is 4.98 Å². The van der Waals surface area contributed by atoms with Crippen LogP contribution in [0, 0.1) is 6.92 Å². The van der Waals surface area contributed by atoms with Crippen LogP contribution in [0.1, 0.15) is 12.6 Å². The molecule has 0 aliphatic heterocycles. The van der Waals surface area contributed by atoms with Gasteiger partial charge in [-0.25, -0.2) is 0 Å². The molecule has 0 atom stereocenters. The fraction of sp³-hybridized carbons (Fsp3) is 0.333. The van der Waals surface area contributed by atoms with Gasteiger partial charge in [0.1, 0.15) is 5.75 Å². The molecule has 0 spiro atoms. The van der Waals surface area contributed by atoms with Crippen LogP contribution in [0.2, 0.25) is 0 Å². The summed E-state index contributed by atoms with van der Waals surface area (Å²) in [5, 5.41) is 2.82. The quantitative estimate of drug-likeness (QED) is 0.878. The van der Waals surface area contributed by atoms with Gasteiger partial charge >= 0.3 is 12.0 Å². The van der Waals surface area contributed by atoms with Gasteiger partial charge in [-0.05, 0) is 26.0 Å². The Morgan fingerprint density at radius 2 is 1.95 bits per heavy atom. The molecule has 0 radical (unpaired) electrons. The molecule has 0 bridgehead atoms. The van der Waals surface area contributed by atoms with Crippen molar-refractivity contribution in [1.82, 2.24) is 19.9 Å². The summed E-state index contributed by atoms with van der Waals surface area (Å²) < 4.78 is 10.8. The van der Waals surface area contributed by atoms with Crippen molar-refractivity contribution in [2.45, 2.75) is 13.8 Å². The van der Waals surface area contributed by atoms with Crippen LogP contribution in [0.15, 0.2) is 18.3 Å². The maximum Gasteiger partial charge on any atom is 0.330 e. The summed E-state index contributed by atoms with van der Waals surface area (Å²) in [5.74, 6) is 0.940. The maximum absolute atomic E-state index is 5.52. The highest BCUT2D eigenvalue weighted by Crippen LogP contribution is 2.19. The first-order valence-corrected chi connectivity index (χ1v) is 5.88. The third kappa shape index (κ3) is 3.51. The van der Waals surface area contributed by atoms with Gasteiger partial charge in [0.15, 0.2) is 0 Å². The Bertz CT molecular complexity index is 544. The largest absolute Gasteiger partial charge is 0.464 e. The molecule has 0 aliphatic carbocycles. The third-order valence-corrected chi connectivity index (χ3v) is 2.18. The Hall–Kier alpha value is -2.44. The Labute approximate surface area is 111 Å². The van der Waals surface area contributed by atoms with E-state index in [0.29, 0.717) is 18.3 Å². The zero-order valence-electron chi connectivity index (χ0n) is 11.0. The van der Waals surface area contributed by atoms with E-state index in [4.69, 9.17) is 9.47 Å². The number of rotatable bonds is 5. The van der Waals surface area contributed by atoms with Crippen molar-refractivity contribution in [1.29, 1.82) is 0 Å². The number of hydrogen-bond acceptors (Lipinski definition) is 7. The van der Waals surface area contributed by atoms with E-state index in [1.54, 1.807) is 19.3 Å². The summed E-state index contributed by atoms with van der Waals surface area (Å²) in [5.41, 5.74) is 0.911. The van der Waals surface area contributed by atoms with Gasteiger partial charge in [-0.15, -0.1) is 4.98 Å². The molecule has 2 aromatic rings. The standard InChI is InChI=1S/C12H15N5O2/c1-4-18-11-15-10(13-3)16-12(17-11)19-9-6-5-8(2)14-7-9/h5-7H,4H2,1-3H3,(H,13,15,16,17). The lowest BCUT2D eigenvalue weighted by atomic mass is 10.4. The van der Waals surface area contributed by atoms with E-state index in [-0.39, 0.29) is 12.0 Å². The number of aryl methyl sites for hydroxylation is 1. The van der Waals surface area contributed by atoms with E-state index >= 15 is 0 Å². The van der Waals surface area contributed by atoms with E-state index in [1.807, 2.05) is 19.9 Å². The highest BCUT2D eigenvalue weighted by atomic mass is 16.5. The van der Waals surface area contributed by atoms with Crippen molar-refractivity contribution in [3.8, 4) is 17.8 Å². The Morgan fingerprint density at radius 1 is 1.16 bits per heavy atom. The molecule has 7 nitrogen and oxygen atoms in total. The third-order valence-electron chi connectivity index (χ3n) is 2.18. The lowest BCUT2D eigenvalue weighted by Crippen LogP contribution is -2.05. The maximum atomic E-state index is 5.52. The molecule has 19 heavy (non-hydrogen) atoms. The topological polar surface area (TPSA) is 82.0 Å². The molecular formula is C12H15N5O2. The Morgan fingerprint density at radius 3 is 2.58 bits per heavy atom. The van der Waals surface area contributed by atoms with Crippen LogP contribution in [-0.4, -0.2) is 33.6 Å². The van der Waals surface area contributed by atoms with Crippen molar-refractivity contribution >= 4 is 5.95 Å². The average molecular weight is 261 g/mol. The SMILES string of the molecule is CCOc1nc(NC)nc(Oc2ccc(C)nc2)n1. The van der Waals surface area contributed by atoms with Gasteiger partial charge in [-0.1, -0.05) is 0 Å². The minimum atomic E-state index is 0.161. The van der Waals surface area contributed by atoms with Gasteiger partial charge < -0.3 is 14.8 Å². The summed E-state index contributed by atoms with van der Waals surface area (Å²) in [7, 11) is 1.71. The smallest absolute Gasteiger partial charge is 0.330 e. The Balaban J connectivity index is 2.23. The van der Waals surface area contributed by atoms with Crippen LogP contribution >= 0.6 is 0 Å². The van der Waals surface area contributed by atoms with Gasteiger partial charge in [-0.2, -0.15) is 9.97 Å². The van der Waals surface area contributed by atoms with Crippen molar-refractivity contribution in [3.63, 3.8) is 0 Å². The second-order valence-electron chi connectivity index (χ2n) is 3.64. The second-order valence-corrected chi connectivity index (χ2v) is 3.64. The first-order valence-electron chi connectivity index (χ1n) is 5.88. The minimum Gasteiger partial charge on any atom is -0.464 e. The summed E-state index contributed by atoms with van der Waals surface area (Å²) >= 11 is 0. The Kier molecular flexibility index (Phi) is 4.07. The van der Waals surface area contributed by atoms with Crippen LogP contribution in [0.5, 0.6) is 17.8 Å².